The fraction of sp³-hybridized carbons (Fsp3) is 0.350. The molecule has 2 aromatic heterocycles. The third kappa shape index (κ3) is 4.17. The highest BCUT2D eigenvalue weighted by Gasteiger charge is 2.27. The van der Waals surface area contributed by atoms with E-state index in [-0.39, 0.29) is 17.9 Å². The van der Waals surface area contributed by atoms with Crippen LogP contribution >= 0.6 is 11.3 Å². The lowest BCUT2D eigenvalue weighted by Gasteiger charge is -2.20. The molecule has 3 aromatic rings. The van der Waals surface area contributed by atoms with Crippen molar-refractivity contribution in [2.75, 3.05) is 14.2 Å². The molecule has 0 bridgehead atoms. The molecule has 0 aliphatic rings. The predicted octanol–water partition coefficient (Wildman–Crippen LogP) is 4.33. The van der Waals surface area contributed by atoms with Gasteiger partial charge in [-0.2, -0.15) is 4.98 Å². The fourth-order valence-corrected chi connectivity index (χ4v) is 3.38. The van der Waals surface area contributed by atoms with Crippen molar-refractivity contribution in [3.05, 3.63) is 46.5 Å². The Balaban J connectivity index is 1.87. The number of ether oxygens (including phenoxy) is 2. The Morgan fingerprint density at radius 3 is 2.68 bits per heavy atom. The second-order valence-electron chi connectivity index (χ2n) is 6.34. The first kappa shape index (κ1) is 19.9. The molecule has 0 aliphatic heterocycles. The van der Waals surface area contributed by atoms with Gasteiger partial charge in [0.15, 0.2) is 11.5 Å². The van der Waals surface area contributed by atoms with Crippen LogP contribution in [0.5, 0.6) is 11.5 Å². The van der Waals surface area contributed by atoms with Crippen LogP contribution in [-0.2, 0) is 0 Å². The van der Waals surface area contributed by atoms with Gasteiger partial charge in [-0.05, 0) is 35.6 Å². The van der Waals surface area contributed by atoms with Gasteiger partial charge in [-0.15, -0.1) is 11.3 Å². The normalized spacial score (nSPS) is 13.0. The quantitative estimate of drug-likeness (QED) is 0.604. The molecule has 0 fully saturated rings. The highest BCUT2D eigenvalue weighted by Crippen LogP contribution is 2.32. The molecular formula is C20H23N3O4S. The number of carbonyl (C=O) groups excluding carboxylic acids is 1. The molecule has 148 valence electrons. The van der Waals surface area contributed by atoms with Crippen molar-refractivity contribution in [2.24, 2.45) is 5.92 Å². The SMILES string of the molecule is CC[C@@H](C)[C@@H](NC(=O)c1cccs1)c1nc(-c2ccc(OC)c(OC)c2)no1. The molecule has 7 nitrogen and oxygen atoms in total. The standard InChI is InChI=1S/C20H23N3O4S/c1-5-12(2)17(21-19(24)16-7-6-10-28-16)20-22-18(23-27-20)13-8-9-14(25-3)15(11-13)26-4/h6-12,17H,5H2,1-4H3,(H,21,24)/t12-,17-/m1/s1. The molecular weight excluding hydrogens is 378 g/mol. The van der Waals surface area contributed by atoms with Crippen molar-refractivity contribution in [3.63, 3.8) is 0 Å². The van der Waals surface area contributed by atoms with E-state index in [1.54, 1.807) is 32.4 Å². The highest BCUT2D eigenvalue weighted by molar-refractivity contribution is 7.12. The van der Waals surface area contributed by atoms with Crippen LogP contribution in [0.3, 0.4) is 0 Å². The molecule has 2 atom stereocenters. The molecule has 28 heavy (non-hydrogen) atoms. The van der Waals surface area contributed by atoms with Crippen molar-refractivity contribution < 1.29 is 18.8 Å². The summed E-state index contributed by atoms with van der Waals surface area (Å²) in [5.74, 6) is 1.99. The van der Waals surface area contributed by atoms with Crippen LogP contribution < -0.4 is 14.8 Å². The van der Waals surface area contributed by atoms with Crippen LogP contribution in [0.2, 0.25) is 0 Å². The summed E-state index contributed by atoms with van der Waals surface area (Å²) in [6.45, 7) is 4.10. The summed E-state index contributed by atoms with van der Waals surface area (Å²) in [5, 5.41) is 8.99. The molecule has 0 aliphatic carbocycles. The summed E-state index contributed by atoms with van der Waals surface area (Å²) in [5.41, 5.74) is 0.736. The number of nitrogens with zero attached hydrogens (tertiary/aromatic N) is 2. The van der Waals surface area contributed by atoms with Gasteiger partial charge in [0.2, 0.25) is 11.7 Å². The molecule has 0 saturated carbocycles. The first-order chi connectivity index (χ1) is 13.6. The van der Waals surface area contributed by atoms with E-state index in [0.717, 1.165) is 12.0 Å². The van der Waals surface area contributed by atoms with Gasteiger partial charge in [0.1, 0.15) is 6.04 Å². The maximum absolute atomic E-state index is 12.5. The van der Waals surface area contributed by atoms with E-state index in [1.807, 2.05) is 24.4 Å². The number of amides is 1. The van der Waals surface area contributed by atoms with Gasteiger partial charge in [0, 0.05) is 5.56 Å². The number of rotatable bonds is 8. The number of nitrogens with one attached hydrogen (secondary N) is 1. The molecule has 3 rings (SSSR count). The molecule has 1 N–H and O–H groups in total. The predicted molar refractivity (Wildman–Crippen MR) is 107 cm³/mol. The Hall–Kier alpha value is -2.87. The van der Waals surface area contributed by atoms with Crippen LogP contribution in [0.15, 0.2) is 40.2 Å². The minimum atomic E-state index is -0.374. The third-order valence-corrected chi connectivity index (χ3v) is 5.46. The van der Waals surface area contributed by atoms with Gasteiger partial charge >= 0.3 is 0 Å². The Morgan fingerprint density at radius 1 is 1.25 bits per heavy atom. The number of carbonyl (C=O) groups is 1. The average Bonchev–Trinajstić information content (AvgIpc) is 3.43. The monoisotopic (exact) mass is 401 g/mol. The molecule has 1 aromatic carbocycles. The van der Waals surface area contributed by atoms with E-state index in [9.17, 15) is 4.79 Å². The lowest BCUT2D eigenvalue weighted by molar-refractivity contribution is 0.0914. The summed E-state index contributed by atoms with van der Waals surface area (Å²) < 4.78 is 16.1. The highest BCUT2D eigenvalue weighted by atomic mass is 32.1. The number of thiophene rings is 1. The number of hydrogen-bond acceptors (Lipinski definition) is 7. The Bertz CT molecular complexity index is 923. The molecule has 0 spiro atoms. The number of methoxy groups -OCH3 is 2. The largest absolute Gasteiger partial charge is 0.493 e. The average molecular weight is 401 g/mol. The first-order valence-corrected chi connectivity index (χ1v) is 9.85. The zero-order valence-electron chi connectivity index (χ0n) is 16.3. The molecule has 0 saturated heterocycles. The van der Waals surface area contributed by atoms with Gasteiger partial charge < -0.3 is 19.3 Å². The molecule has 2 heterocycles. The van der Waals surface area contributed by atoms with E-state index in [1.165, 1.54) is 11.3 Å². The zero-order chi connectivity index (χ0) is 20.1. The topological polar surface area (TPSA) is 86.5 Å². The van der Waals surface area contributed by atoms with Crippen LogP contribution in [0.1, 0.15) is 41.9 Å². The van der Waals surface area contributed by atoms with Crippen molar-refractivity contribution in [2.45, 2.75) is 26.3 Å². The summed E-state index contributed by atoms with van der Waals surface area (Å²) in [6, 6.07) is 8.67. The van der Waals surface area contributed by atoms with Crippen LogP contribution in [0, 0.1) is 5.92 Å². The lowest BCUT2D eigenvalue weighted by atomic mass is 9.99. The second-order valence-corrected chi connectivity index (χ2v) is 7.29. The van der Waals surface area contributed by atoms with E-state index in [4.69, 9.17) is 14.0 Å². The van der Waals surface area contributed by atoms with Gasteiger partial charge in [0.05, 0.1) is 19.1 Å². The maximum Gasteiger partial charge on any atom is 0.262 e. The minimum Gasteiger partial charge on any atom is -0.493 e. The lowest BCUT2D eigenvalue weighted by Crippen LogP contribution is -2.32. The number of hydrogen-bond donors (Lipinski definition) is 1. The molecule has 1 amide bonds. The third-order valence-electron chi connectivity index (χ3n) is 4.59. The molecule has 8 heteroatoms. The molecule has 0 unspecified atom stereocenters. The van der Waals surface area contributed by atoms with Crippen LogP contribution in [-0.4, -0.2) is 30.3 Å². The Kier molecular flexibility index (Phi) is 6.30. The van der Waals surface area contributed by atoms with E-state index < -0.39 is 0 Å². The Morgan fingerprint density at radius 2 is 2.04 bits per heavy atom. The van der Waals surface area contributed by atoms with E-state index in [0.29, 0.717) is 28.1 Å². The zero-order valence-corrected chi connectivity index (χ0v) is 17.1. The minimum absolute atomic E-state index is 0.127. The number of aromatic nitrogens is 2. The van der Waals surface area contributed by atoms with Crippen molar-refractivity contribution in [1.82, 2.24) is 15.5 Å². The van der Waals surface area contributed by atoms with E-state index >= 15 is 0 Å². The van der Waals surface area contributed by atoms with Gasteiger partial charge in [0.25, 0.3) is 5.91 Å². The van der Waals surface area contributed by atoms with E-state index in [2.05, 4.69) is 22.4 Å². The van der Waals surface area contributed by atoms with Crippen LogP contribution in [0.25, 0.3) is 11.4 Å². The van der Waals surface area contributed by atoms with Crippen LogP contribution in [0.4, 0.5) is 0 Å². The smallest absolute Gasteiger partial charge is 0.262 e. The summed E-state index contributed by atoms with van der Waals surface area (Å²) in [4.78, 5) is 17.7. The summed E-state index contributed by atoms with van der Waals surface area (Å²) in [6.07, 6.45) is 0.851. The summed E-state index contributed by atoms with van der Waals surface area (Å²) >= 11 is 1.39. The summed E-state index contributed by atoms with van der Waals surface area (Å²) in [7, 11) is 3.15. The van der Waals surface area contributed by atoms with Gasteiger partial charge in [-0.3, -0.25) is 4.79 Å². The Labute approximate surface area is 167 Å². The maximum atomic E-state index is 12.5. The van der Waals surface area contributed by atoms with Gasteiger partial charge in [-0.1, -0.05) is 31.5 Å². The second kappa shape index (κ2) is 8.88. The van der Waals surface area contributed by atoms with Crippen molar-refractivity contribution in [3.8, 4) is 22.9 Å². The first-order valence-electron chi connectivity index (χ1n) is 8.97. The van der Waals surface area contributed by atoms with Crippen molar-refractivity contribution >= 4 is 17.2 Å². The van der Waals surface area contributed by atoms with Crippen molar-refractivity contribution in [1.29, 1.82) is 0 Å². The number of benzene rings is 1. The van der Waals surface area contributed by atoms with Gasteiger partial charge in [-0.25, -0.2) is 0 Å². The fourth-order valence-electron chi connectivity index (χ4n) is 2.76. The molecule has 0 radical (unpaired) electrons.